The summed E-state index contributed by atoms with van der Waals surface area (Å²) in [6.45, 7) is 6.13. The summed E-state index contributed by atoms with van der Waals surface area (Å²) in [5.74, 6) is 0.469. The molecule has 0 atom stereocenters. The van der Waals surface area contributed by atoms with Crippen molar-refractivity contribution in [2.75, 3.05) is 11.9 Å². The molecule has 0 aromatic heterocycles. The Balaban J connectivity index is 2.07. The van der Waals surface area contributed by atoms with Crippen LogP contribution in [0.15, 0.2) is 60.7 Å². The quantitative estimate of drug-likeness (QED) is 0.823. The average molecular weight is 302 g/mol. The first kappa shape index (κ1) is 15.1. The van der Waals surface area contributed by atoms with E-state index in [0.29, 0.717) is 28.6 Å². The highest BCUT2D eigenvalue weighted by molar-refractivity contribution is 6.31. The molecular formula is C17H16ClNO2. The lowest BCUT2D eigenvalue weighted by molar-refractivity contribution is 0.102. The van der Waals surface area contributed by atoms with Crippen molar-refractivity contribution in [1.29, 1.82) is 0 Å². The van der Waals surface area contributed by atoms with Crippen LogP contribution in [0, 0.1) is 0 Å². The average Bonchev–Trinajstić information content (AvgIpc) is 2.45. The second kappa shape index (κ2) is 6.95. The molecule has 0 radical (unpaired) electrons. The summed E-state index contributed by atoms with van der Waals surface area (Å²) in [6, 6.07) is 14.0. The van der Waals surface area contributed by atoms with E-state index in [0.717, 1.165) is 5.57 Å². The van der Waals surface area contributed by atoms with E-state index in [1.54, 1.807) is 36.4 Å². The van der Waals surface area contributed by atoms with Crippen molar-refractivity contribution in [2.45, 2.75) is 6.92 Å². The predicted octanol–water partition coefficient (Wildman–Crippen LogP) is 4.55. The van der Waals surface area contributed by atoms with Gasteiger partial charge in [0.1, 0.15) is 12.4 Å². The number of amides is 1. The zero-order valence-electron chi connectivity index (χ0n) is 11.7. The molecule has 0 fully saturated rings. The van der Waals surface area contributed by atoms with E-state index in [1.807, 2.05) is 19.1 Å². The van der Waals surface area contributed by atoms with Gasteiger partial charge in [0, 0.05) is 22.3 Å². The van der Waals surface area contributed by atoms with Crippen molar-refractivity contribution in [3.63, 3.8) is 0 Å². The number of anilines is 1. The minimum atomic E-state index is -0.213. The highest BCUT2D eigenvalue weighted by Crippen LogP contribution is 2.19. The molecule has 2 aromatic carbocycles. The number of hydrogen-bond acceptors (Lipinski definition) is 2. The van der Waals surface area contributed by atoms with E-state index in [2.05, 4.69) is 11.9 Å². The molecule has 2 aromatic rings. The van der Waals surface area contributed by atoms with Crippen molar-refractivity contribution in [2.24, 2.45) is 0 Å². The van der Waals surface area contributed by atoms with Crippen LogP contribution in [0.3, 0.4) is 0 Å². The molecule has 0 spiro atoms. The highest BCUT2D eigenvalue weighted by atomic mass is 35.5. The van der Waals surface area contributed by atoms with Crippen molar-refractivity contribution in [3.05, 3.63) is 71.3 Å². The van der Waals surface area contributed by atoms with Gasteiger partial charge in [-0.3, -0.25) is 4.79 Å². The van der Waals surface area contributed by atoms with Crippen LogP contribution in [0.2, 0.25) is 5.02 Å². The highest BCUT2D eigenvalue weighted by Gasteiger charge is 2.07. The molecule has 0 aliphatic heterocycles. The lowest BCUT2D eigenvalue weighted by Crippen LogP contribution is -2.11. The minimum Gasteiger partial charge on any atom is -0.489 e. The van der Waals surface area contributed by atoms with Crippen LogP contribution >= 0.6 is 11.6 Å². The van der Waals surface area contributed by atoms with Gasteiger partial charge in [0.2, 0.25) is 0 Å². The molecule has 0 saturated carbocycles. The summed E-state index contributed by atoms with van der Waals surface area (Å²) in [7, 11) is 0. The minimum absolute atomic E-state index is 0.213. The SMILES string of the molecule is C=C(C)COc1cccc(NC(=O)c2cccc(Cl)c2)c1. The Hall–Kier alpha value is -2.26. The lowest BCUT2D eigenvalue weighted by atomic mass is 10.2. The Morgan fingerprint density at radius 2 is 2.00 bits per heavy atom. The number of nitrogens with one attached hydrogen (secondary N) is 1. The maximum atomic E-state index is 12.1. The fourth-order valence-corrected chi connectivity index (χ4v) is 1.89. The van der Waals surface area contributed by atoms with Crippen LogP contribution < -0.4 is 10.1 Å². The van der Waals surface area contributed by atoms with Gasteiger partial charge in [-0.2, -0.15) is 0 Å². The van der Waals surface area contributed by atoms with Gasteiger partial charge in [-0.25, -0.2) is 0 Å². The number of ether oxygens (including phenoxy) is 1. The summed E-state index contributed by atoms with van der Waals surface area (Å²) in [6.07, 6.45) is 0. The monoisotopic (exact) mass is 301 g/mol. The molecule has 0 aliphatic rings. The third-order valence-electron chi connectivity index (χ3n) is 2.66. The standard InChI is InChI=1S/C17H16ClNO2/c1-12(2)11-21-16-8-4-7-15(10-16)19-17(20)13-5-3-6-14(18)9-13/h3-10H,1,11H2,2H3,(H,19,20). The van der Waals surface area contributed by atoms with Crippen molar-refractivity contribution in [1.82, 2.24) is 0 Å². The fourth-order valence-electron chi connectivity index (χ4n) is 1.70. The molecule has 1 amide bonds. The molecular weight excluding hydrogens is 286 g/mol. The summed E-state index contributed by atoms with van der Waals surface area (Å²) in [5, 5.41) is 3.34. The Morgan fingerprint density at radius 3 is 2.71 bits per heavy atom. The molecule has 108 valence electrons. The molecule has 0 aliphatic carbocycles. The van der Waals surface area contributed by atoms with Crippen LogP contribution in [0.4, 0.5) is 5.69 Å². The normalized spacial score (nSPS) is 10.0. The van der Waals surface area contributed by atoms with Gasteiger partial charge in [-0.1, -0.05) is 30.3 Å². The van der Waals surface area contributed by atoms with E-state index in [4.69, 9.17) is 16.3 Å². The molecule has 0 bridgehead atoms. The maximum Gasteiger partial charge on any atom is 0.255 e. The first-order valence-corrected chi connectivity index (χ1v) is 6.86. The number of halogens is 1. The van der Waals surface area contributed by atoms with E-state index < -0.39 is 0 Å². The molecule has 4 heteroatoms. The number of benzene rings is 2. The van der Waals surface area contributed by atoms with Crippen molar-refractivity contribution in [3.8, 4) is 5.75 Å². The number of carbonyl (C=O) groups excluding carboxylic acids is 1. The van der Waals surface area contributed by atoms with Gasteiger partial charge in [0.15, 0.2) is 0 Å². The van der Waals surface area contributed by atoms with E-state index in [9.17, 15) is 4.79 Å². The number of hydrogen-bond donors (Lipinski definition) is 1. The topological polar surface area (TPSA) is 38.3 Å². The zero-order chi connectivity index (χ0) is 15.2. The van der Waals surface area contributed by atoms with E-state index in [-0.39, 0.29) is 5.91 Å². The summed E-state index contributed by atoms with van der Waals surface area (Å²) >= 11 is 5.88. The van der Waals surface area contributed by atoms with Crippen molar-refractivity contribution >= 4 is 23.2 Å². The second-order valence-corrected chi connectivity index (χ2v) is 5.17. The third kappa shape index (κ3) is 4.65. The van der Waals surface area contributed by atoms with Crippen LogP contribution in [-0.2, 0) is 0 Å². The summed E-state index contributed by atoms with van der Waals surface area (Å²) in [4.78, 5) is 12.1. The Bertz CT molecular complexity index is 667. The van der Waals surface area contributed by atoms with Gasteiger partial charge in [-0.05, 0) is 42.8 Å². The zero-order valence-corrected chi connectivity index (χ0v) is 12.5. The fraction of sp³-hybridized carbons (Fsp3) is 0.118. The predicted molar refractivity (Wildman–Crippen MR) is 86.2 cm³/mol. The van der Waals surface area contributed by atoms with Gasteiger partial charge in [0.05, 0.1) is 0 Å². The van der Waals surface area contributed by atoms with Gasteiger partial charge in [-0.15, -0.1) is 0 Å². The Labute approximate surface area is 129 Å². The largest absolute Gasteiger partial charge is 0.489 e. The molecule has 3 nitrogen and oxygen atoms in total. The molecule has 0 heterocycles. The van der Waals surface area contributed by atoms with Crippen molar-refractivity contribution < 1.29 is 9.53 Å². The van der Waals surface area contributed by atoms with Crippen LogP contribution in [0.5, 0.6) is 5.75 Å². The first-order valence-electron chi connectivity index (χ1n) is 6.49. The smallest absolute Gasteiger partial charge is 0.255 e. The molecule has 21 heavy (non-hydrogen) atoms. The van der Waals surface area contributed by atoms with Gasteiger partial charge < -0.3 is 10.1 Å². The second-order valence-electron chi connectivity index (χ2n) is 4.74. The van der Waals surface area contributed by atoms with Crippen LogP contribution in [0.1, 0.15) is 17.3 Å². The van der Waals surface area contributed by atoms with E-state index >= 15 is 0 Å². The molecule has 0 unspecified atom stereocenters. The van der Waals surface area contributed by atoms with Gasteiger partial charge in [0.25, 0.3) is 5.91 Å². The molecule has 2 rings (SSSR count). The number of carbonyl (C=O) groups is 1. The summed E-state index contributed by atoms with van der Waals surface area (Å²) < 4.78 is 5.54. The molecule has 1 N–H and O–H groups in total. The Morgan fingerprint density at radius 1 is 1.24 bits per heavy atom. The van der Waals surface area contributed by atoms with Crippen LogP contribution in [-0.4, -0.2) is 12.5 Å². The lowest BCUT2D eigenvalue weighted by Gasteiger charge is -2.09. The van der Waals surface area contributed by atoms with Gasteiger partial charge >= 0.3 is 0 Å². The van der Waals surface area contributed by atoms with E-state index in [1.165, 1.54) is 0 Å². The maximum absolute atomic E-state index is 12.1. The number of rotatable bonds is 5. The Kier molecular flexibility index (Phi) is 5.01. The third-order valence-corrected chi connectivity index (χ3v) is 2.90. The molecule has 0 saturated heterocycles. The first-order chi connectivity index (χ1) is 10.0. The van der Waals surface area contributed by atoms with Crippen LogP contribution in [0.25, 0.3) is 0 Å². The summed E-state index contributed by atoms with van der Waals surface area (Å²) in [5.41, 5.74) is 2.11.